The van der Waals surface area contributed by atoms with Crippen molar-refractivity contribution < 1.29 is 4.79 Å². The van der Waals surface area contributed by atoms with Crippen molar-refractivity contribution in [3.63, 3.8) is 0 Å². The first-order valence-electron chi connectivity index (χ1n) is 2.45. The molecule has 0 unspecified atom stereocenters. The Kier molecular flexibility index (Phi) is 4.76. The van der Waals surface area contributed by atoms with Crippen LogP contribution in [0.2, 0.25) is 0 Å². The van der Waals surface area contributed by atoms with Gasteiger partial charge in [-0.1, -0.05) is 6.08 Å². The molecule has 0 radical (unpaired) electrons. The third-order valence-corrected chi connectivity index (χ3v) is 1.62. The highest BCUT2D eigenvalue weighted by molar-refractivity contribution is 8.00. The summed E-state index contributed by atoms with van der Waals surface area (Å²) in [5, 5.41) is 0. The Bertz CT molecular complexity index is 88.5. The molecule has 0 aromatic carbocycles. The van der Waals surface area contributed by atoms with Crippen molar-refractivity contribution >= 4 is 17.5 Å². The number of thioether (sulfide) groups is 1. The molecule has 1 nitrogen and oxygen atoms in total. The maximum absolute atomic E-state index is 10.3. The molecule has 0 saturated carbocycles. The lowest BCUT2D eigenvalue weighted by Crippen LogP contribution is -1.92. The summed E-state index contributed by atoms with van der Waals surface area (Å²) in [6.07, 6.45) is 1.80. The largest absolute Gasteiger partial charge is 0.299 e. The summed E-state index contributed by atoms with van der Waals surface area (Å²) in [6.45, 7) is 5.12. The van der Waals surface area contributed by atoms with Gasteiger partial charge in [0.05, 0.1) is 5.75 Å². The van der Waals surface area contributed by atoms with Crippen LogP contribution in [0.15, 0.2) is 12.7 Å². The van der Waals surface area contributed by atoms with Gasteiger partial charge < -0.3 is 0 Å². The fraction of sp³-hybridized carbons (Fsp3) is 0.500. The molecular formula is C6H10OS. The molecule has 0 heterocycles. The predicted octanol–water partition coefficient (Wildman–Crippen LogP) is 1.49. The van der Waals surface area contributed by atoms with Gasteiger partial charge in [-0.05, 0) is 6.92 Å². The highest BCUT2D eigenvalue weighted by atomic mass is 32.2. The van der Waals surface area contributed by atoms with Crippen LogP contribution in [0.25, 0.3) is 0 Å². The quantitative estimate of drug-likeness (QED) is 0.423. The normalized spacial score (nSPS) is 8.62. The first-order valence-corrected chi connectivity index (χ1v) is 3.61. The van der Waals surface area contributed by atoms with Gasteiger partial charge in [-0.2, -0.15) is 0 Å². The fourth-order valence-electron chi connectivity index (χ4n) is 0.286. The number of hydrogen-bond donors (Lipinski definition) is 0. The van der Waals surface area contributed by atoms with E-state index in [1.165, 1.54) is 0 Å². The van der Waals surface area contributed by atoms with Crippen LogP contribution in [0.5, 0.6) is 0 Å². The minimum absolute atomic E-state index is 0.233. The summed E-state index contributed by atoms with van der Waals surface area (Å²) in [5.74, 6) is 1.72. The van der Waals surface area contributed by atoms with E-state index in [-0.39, 0.29) is 5.78 Å². The highest BCUT2D eigenvalue weighted by Gasteiger charge is 1.88. The molecule has 8 heavy (non-hydrogen) atoms. The molecule has 0 atom stereocenters. The van der Waals surface area contributed by atoms with Crippen LogP contribution in [0.4, 0.5) is 0 Å². The number of hydrogen-bond acceptors (Lipinski definition) is 2. The van der Waals surface area contributed by atoms with Crippen LogP contribution in [-0.2, 0) is 4.79 Å². The van der Waals surface area contributed by atoms with E-state index in [1.54, 1.807) is 24.8 Å². The van der Waals surface area contributed by atoms with Crippen LogP contribution >= 0.6 is 11.8 Å². The first-order chi connectivity index (χ1) is 3.77. The minimum atomic E-state index is 0.233. The van der Waals surface area contributed by atoms with Crippen molar-refractivity contribution in [3.05, 3.63) is 12.7 Å². The first kappa shape index (κ1) is 7.76. The van der Waals surface area contributed by atoms with Gasteiger partial charge >= 0.3 is 0 Å². The maximum Gasteiger partial charge on any atom is 0.139 e. The molecule has 0 aromatic rings. The van der Waals surface area contributed by atoms with Crippen molar-refractivity contribution in [2.45, 2.75) is 6.92 Å². The van der Waals surface area contributed by atoms with Crippen LogP contribution in [0.3, 0.4) is 0 Å². The lowest BCUT2D eigenvalue weighted by atomic mass is 10.5. The Labute approximate surface area is 54.2 Å². The smallest absolute Gasteiger partial charge is 0.139 e. The molecule has 0 rings (SSSR count). The van der Waals surface area contributed by atoms with E-state index in [9.17, 15) is 4.79 Å². The molecule has 0 fully saturated rings. The summed E-state index contributed by atoms with van der Waals surface area (Å²) in [5.41, 5.74) is 0. The van der Waals surface area contributed by atoms with Crippen molar-refractivity contribution in [2.75, 3.05) is 11.5 Å². The second kappa shape index (κ2) is 4.91. The molecule has 0 aliphatic carbocycles. The topological polar surface area (TPSA) is 17.1 Å². The van der Waals surface area contributed by atoms with Crippen LogP contribution < -0.4 is 0 Å². The van der Waals surface area contributed by atoms with Gasteiger partial charge in [-0.15, -0.1) is 18.3 Å². The fourth-order valence-corrected chi connectivity index (χ4v) is 0.858. The van der Waals surface area contributed by atoms with Gasteiger partial charge in [-0.3, -0.25) is 4.79 Å². The minimum Gasteiger partial charge on any atom is -0.299 e. The molecule has 2 heteroatoms. The van der Waals surface area contributed by atoms with E-state index >= 15 is 0 Å². The molecule has 0 saturated heterocycles. The van der Waals surface area contributed by atoms with Crippen LogP contribution in [-0.4, -0.2) is 17.3 Å². The average molecular weight is 130 g/mol. The summed E-state index contributed by atoms with van der Waals surface area (Å²) >= 11 is 1.59. The number of carbonyl (C=O) groups excluding carboxylic acids is 1. The molecular weight excluding hydrogens is 120 g/mol. The van der Waals surface area contributed by atoms with Crippen molar-refractivity contribution in [1.29, 1.82) is 0 Å². The standard InChI is InChI=1S/C6H10OS/c1-3-4-8-5-6(2)7/h3H,1,4-5H2,2H3. The lowest BCUT2D eigenvalue weighted by Gasteiger charge is -1.88. The molecule has 0 N–H and O–H groups in total. The van der Waals surface area contributed by atoms with E-state index in [4.69, 9.17) is 0 Å². The SMILES string of the molecule is C=CCSCC(C)=O. The van der Waals surface area contributed by atoms with Gasteiger partial charge in [0, 0.05) is 5.75 Å². The average Bonchev–Trinajstić information content (AvgIpc) is 1.66. The zero-order chi connectivity index (χ0) is 6.41. The molecule has 0 amide bonds. The second-order valence-electron chi connectivity index (χ2n) is 1.51. The number of Topliss-reactive ketones (excluding diaryl/α,β-unsaturated/α-hetero) is 1. The monoisotopic (exact) mass is 130 g/mol. The van der Waals surface area contributed by atoms with Crippen molar-refractivity contribution in [1.82, 2.24) is 0 Å². The van der Waals surface area contributed by atoms with E-state index in [0.29, 0.717) is 5.75 Å². The summed E-state index contributed by atoms with van der Waals surface area (Å²) in [6, 6.07) is 0. The number of rotatable bonds is 4. The Morgan fingerprint density at radius 2 is 2.50 bits per heavy atom. The Morgan fingerprint density at radius 3 is 2.88 bits per heavy atom. The zero-order valence-corrected chi connectivity index (χ0v) is 5.83. The van der Waals surface area contributed by atoms with Gasteiger partial charge in [0.25, 0.3) is 0 Å². The molecule has 0 spiro atoms. The van der Waals surface area contributed by atoms with Gasteiger partial charge in [-0.25, -0.2) is 0 Å². The molecule has 0 aromatic heterocycles. The van der Waals surface area contributed by atoms with Gasteiger partial charge in [0.15, 0.2) is 0 Å². The third kappa shape index (κ3) is 5.76. The van der Waals surface area contributed by atoms with Gasteiger partial charge in [0.2, 0.25) is 0 Å². The summed E-state index contributed by atoms with van der Waals surface area (Å²) in [4.78, 5) is 10.3. The molecule has 0 aliphatic heterocycles. The van der Waals surface area contributed by atoms with Crippen LogP contribution in [0.1, 0.15) is 6.92 Å². The Balaban J connectivity index is 2.93. The Hall–Kier alpha value is -0.240. The summed E-state index contributed by atoms with van der Waals surface area (Å²) in [7, 11) is 0. The van der Waals surface area contributed by atoms with Gasteiger partial charge in [0.1, 0.15) is 5.78 Å². The third-order valence-electron chi connectivity index (χ3n) is 0.541. The lowest BCUT2D eigenvalue weighted by molar-refractivity contribution is -0.114. The number of carbonyl (C=O) groups is 1. The predicted molar refractivity (Wildman–Crippen MR) is 38.2 cm³/mol. The van der Waals surface area contributed by atoms with E-state index in [1.807, 2.05) is 0 Å². The highest BCUT2D eigenvalue weighted by Crippen LogP contribution is 1.98. The zero-order valence-electron chi connectivity index (χ0n) is 5.02. The maximum atomic E-state index is 10.3. The summed E-state index contributed by atoms with van der Waals surface area (Å²) < 4.78 is 0. The van der Waals surface area contributed by atoms with E-state index in [2.05, 4.69) is 6.58 Å². The second-order valence-corrected chi connectivity index (χ2v) is 2.54. The van der Waals surface area contributed by atoms with Crippen molar-refractivity contribution in [3.8, 4) is 0 Å². The molecule has 0 bridgehead atoms. The molecule has 46 valence electrons. The number of ketones is 1. The van der Waals surface area contributed by atoms with Crippen molar-refractivity contribution in [2.24, 2.45) is 0 Å². The van der Waals surface area contributed by atoms with E-state index in [0.717, 1.165) is 5.75 Å². The van der Waals surface area contributed by atoms with Crippen LogP contribution in [0, 0.1) is 0 Å². The molecule has 0 aliphatic rings. The van der Waals surface area contributed by atoms with E-state index < -0.39 is 0 Å². The Morgan fingerprint density at radius 1 is 1.88 bits per heavy atom.